The standard InChI is InChI=1S/C31H46N2O7/c1-5-6-24(29(38)39)33-28(37)18(2)32-26(35)11-12-27(36)40-25-10-9-22-21-8-7-19-17-20(34)13-15-30(19,3)23(21)14-16-31(22,25)4/h17-18,21-25H,5-16H2,1-4H3,(H,32,35)(H,33,37)(H,38,39)/t18-,21-,22-,23-,24-,25-,30-,31-/m0/s1. The molecule has 0 unspecified atom stereocenters. The van der Waals surface area contributed by atoms with E-state index in [1.165, 1.54) is 12.5 Å². The Hall–Kier alpha value is -2.71. The van der Waals surface area contributed by atoms with Gasteiger partial charge in [0.1, 0.15) is 18.2 Å². The number of carboxylic acid groups (broad SMARTS) is 1. The van der Waals surface area contributed by atoms with E-state index in [1.54, 1.807) is 0 Å². The number of carboxylic acids is 1. The summed E-state index contributed by atoms with van der Waals surface area (Å²) >= 11 is 0. The summed E-state index contributed by atoms with van der Waals surface area (Å²) in [6.45, 7) is 7.95. The van der Waals surface area contributed by atoms with Gasteiger partial charge in [-0.15, -0.1) is 0 Å². The highest BCUT2D eigenvalue weighted by Gasteiger charge is 2.60. The van der Waals surface area contributed by atoms with E-state index in [1.807, 2.05) is 13.0 Å². The molecule has 0 aromatic carbocycles. The number of nitrogens with one attached hydrogen (secondary N) is 2. The molecule has 9 heteroatoms. The Kier molecular flexibility index (Phi) is 9.10. The summed E-state index contributed by atoms with van der Waals surface area (Å²) in [6, 6.07) is -1.91. The number of esters is 1. The molecule has 8 atom stereocenters. The van der Waals surface area contributed by atoms with Gasteiger partial charge in [0.25, 0.3) is 0 Å². The lowest BCUT2D eigenvalue weighted by Crippen LogP contribution is -2.51. The van der Waals surface area contributed by atoms with Gasteiger partial charge in [-0.2, -0.15) is 0 Å². The maximum absolute atomic E-state index is 12.8. The summed E-state index contributed by atoms with van der Waals surface area (Å²) in [6.07, 6.45) is 10.1. The van der Waals surface area contributed by atoms with Gasteiger partial charge in [-0.05, 0) is 87.5 Å². The van der Waals surface area contributed by atoms with E-state index < -0.39 is 35.8 Å². The van der Waals surface area contributed by atoms with Crippen LogP contribution in [-0.2, 0) is 28.7 Å². The van der Waals surface area contributed by atoms with E-state index in [-0.39, 0.29) is 35.6 Å². The third-order valence-electron chi connectivity index (χ3n) is 10.7. The second-order valence-corrected chi connectivity index (χ2v) is 13.0. The van der Waals surface area contributed by atoms with Gasteiger partial charge in [-0.25, -0.2) is 4.79 Å². The molecule has 0 heterocycles. The number of fused-ring (bicyclic) bond motifs is 5. The van der Waals surface area contributed by atoms with Crippen molar-refractivity contribution in [3.63, 3.8) is 0 Å². The number of hydrogen-bond acceptors (Lipinski definition) is 6. The van der Waals surface area contributed by atoms with Crippen LogP contribution in [-0.4, -0.2) is 52.8 Å². The minimum absolute atomic E-state index is 0.0721. The molecule has 0 aromatic rings. The predicted octanol–water partition coefficient (Wildman–Crippen LogP) is 4.08. The van der Waals surface area contributed by atoms with Crippen molar-refractivity contribution in [2.45, 2.75) is 123 Å². The molecule has 4 aliphatic rings. The minimum Gasteiger partial charge on any atom is -0.480 e. The van der Waals surface area contributed by atoms with Crippen LogP contribution in [0.1, 0.15) is 105 Å². The molecular formula is C31H46N2O7. The quantitative estimate of drug-likeness (QED) is 0.343. The van der Waals surface area contributed by atoms with Crippen molar-refractivity contribution in [3.05, 3.63) is 11.6 Å². The Morgan fingerprint density at radius 1 is 1.02 bits per heavy atom. The maximum Gasteiger partial charge on any atom is 0.326 e. The van der Waals surface area contributed by atoms with Crippen LogP contribution in [0.4, 0.5) is 0 Å². The van der Waals surface area contributed by atoms with Crippen molar-refractivity contribution in [2.24, 2.45) is 28.6 Å². The number of ketones is 1. The lowest BCUT2D eigenvalue weighted by atomic mass is 9.47. The van der Waals surface area contributed by atoms with E-state index in [2.05, 4.69) is 24.5 Å². The third-order valence-corrected chi connectivity index (χ3v) is 10.7. The Morgan fingerprint density at radius 2 is 1.77 bits per heavy atom. The number of amides is 2. The van der Waals surface area contributed by atoms with E-state index >= 15 is 0 Å². The van der Waals surface area contributed by atoms with Crippen molar-refractivity contribution in [2.75, 3.05) is 0 Å². The average Bonchev–Trinajstić information content (AvgIpc) is 3.23. The number of hydrogen-bond donors (Lipinski definition) is 3. The largest absolute Gasteiger partial charge is 0.480 e. The van der Waals surface area contributed by atoms with Crippen molar-refractivity contribution < 1.29 is 33.8 Å². The van der Waals surface area contributed by atoms with E-state index in [4.69, 9.17) is 4.74 Å². The first-order valence-corrected chi connectivity index (χ1v) is 15.1. The van der Waals surface area contributed by atoms with Crippen LogP contribution in [0.3, 0.4) is 0 Å². The van der Waals surface area contributed by atoms with Gasteiger partial charge in [0.05, 0.1) is 6.42 Å². The van der Waals surface area contributed by atoms with E-state index in [0.717, 1.165) is 44.9 Å². The molecule has 0 saturated heterocycles. The Balaban J connectivity index is 1.27. The molecular weight excluding hydrogens is 512 g/mol. The fourth-order valence-corrected chi connectivity index (χ4v) is 8.36. The SMILES string of the molecule is CCC[C@H](NC(=O)[C@H](C)NC(=O)CCC(=O)O[C@H]1CC[C@H]2[C@@H]3CCC4=CC(=O)CC[C@]4(C)[C@H]3CC[C@]12C)C(=O)O. The van der Waals surface area contributed by atoms with Gasteiger partial charge in [0.2, 0.25) is 11.8 Å². The summed E-state index contributed by atoms with van der Waals surface area (Å²) in [7, 11) is 0. The van der Waals surface area contributed by atoms with Gasteiger partial charge in [-0.3, -0.25) is 19.2 Å². The lowest BCUT2D eigenvalue weighted by Gasteiger charge is -2.57. The molecule has 3 N–H and O–H groups in total. The zero-order chi connectivity index (χ0) is 29.2. The molecule has 40 heavy (non-hydrogen) atoms. The number of ether oxygens (including phenoxy) is 1. The zero-order valence-corrected chi connectivity index (χ0v) is 24.4. The minimum atomic E-state index is -1.11. The molecule has 3 saturated carbocycles. The fraction of sp³-hybridized carbons (Fsp3) is 0.774. The molecule has 0 spiro atoms. The molecule has 2 amide bonds. The number of aliphatic carboxylic acids is 1. The zero-order valence-electron chi connectivity index (χ0n) is 24.4. The smallest absolute Gasteiger partial charge is 0.326 e. The number of rotatable bonds is 10. The second-order valence-electron chi connectivity index (χ2n) is 13.0. The molecule has 0 aliphatic heterocycles. The normalized spacial score (nSPS) is 34.3. The van der Waals surface area contributed by atoms with Crippen LogP contribution < -0.4 is 10.6 Å². The maximum atomic E-state index is 12.8. The highest BCUT2D eigenvalue weighted by Crippen LogP contribution is 2.65. The third kappa shape index (κ3) is 5.98. The summed E-state index contributed by atoms with van der Waals surface area (Å²) < 4.78 is 6.00. The summed E-state index contributed by atoms with van der Waals surface area (Å²) in [4.78, 5) is 60.9. The first kappa shape index (κ1) is 30.3. The summed E-state index contributed by atoms with van der Waals surface area (Å²) in [5, 5.41) is 14.2. The average molecular weight is 559 g/mol. The lowest BCUT2D eigenvalue weighted by molar-refractivity contribution is -0.160. The topological polar surface area (TPSA) is 139 Å². The predicted molar refractivity (Wildman–Crippen MR) is 148 cm³/mol. The molecule has 0 radical (unpaired) electrons. The van der Waals surface area contributed by atoms with E-state index in [0.29, 0.717) is 37.0 Å². The van der Waals surface area contributed by atoms with Crippen molar-refractivity contribution >= 4 is 29.5 Å². The van der Waals surface area contributed by atoms with Gasteiger partial charge in [-0.1, -0.05) is 32.8 Å². The molecule has 222 valence electrons. The van der Waals surface area contributed by atoms with Crippen molar-refractivity contribution in [1.29, 1.82) is 0 Å². The Labute approximate surface area is 237 Å². The first-order chi connectivity index (χ1) is 18.9. The van der Waals surface area contributed by atoms with Crippen molar-refractivity contribution in [3.8, 4) is 0 Å². The second kappa shape index (κ2) is 12.0. The molecule has 4 rings (SSSR count). The highest BCUT2D eigenvalue weighted by molar-refractivity contribution is 5.92. The van der Waals surface area contributed by atoms with Crippen LogP contribution in [0.25, 0.3) is 0 Å². The molecule has 0 aromatic heterocycles. The van der Waals surface area contributed by atoms with Gasteiger partial charge in [0, 0.05) is 18.3 Å². The van der Waals surface area contributed by atoms with Crippen LogP contribution in [0.2, 0.25) is 0 Å². The first-order valence-electron chi connectivity index (χ1n) is 15.1. The monoisotopic (exact) mass is 558 g/mol. The van der Waals surface area contributed by atoms with Crippen LogP contribution >= 0.6 is 0 Å². The Bertz CT molecular complexity index is 1070. The highest BCUT2D eigenvalue weighted by atomic mass is 16.5. The summed E-state index contributed by atoms with van der Waals surface area (Å²) in [5.74, 6) is -0.633. The van der Waals surface area contributed by atoms with Crippen LogP contribution in [0, 0.1) is 28.6 Å². The summed E-state index contributed by atoms with van der Waals surface area (Å²) in [5.41, 5.74) is 1.38. The molecule has 9 nitrogen and oxygen atoms in total. The van der Waals surface area contributed by atoms with Gasteiger partial charge >= 0.3 is 11.9 Å². The van der Waals surface area contributed by atoms with E-state index in [9.17, 15) is 29.1 Å². The fourth-order valence-electron chi connectivity index (χ4n) is 8.36. The Morgan fingerprint density at radius 3 is 2.48 bits per heavy atom. The molecule has 0 bridgehead atoms. The number of carbonyl (C=O) groups excluding carboxylic acids is 4. The molecule has 3 fully saturated rings. The number of carbonyl (C=O) groups is 5. The van der Waals surface area contributed by atoms with Crippen LogP contribution in [0.5, 0.6) is 0 Å². The molecule has 4 aliphatic carbocycles. The van der Waals surface area contributed by atoms with Crippen LogP contribution in [0.15, 0.2) is 11.6 Å². The van der Waals surface area contributed by atoms with Crippen molar-refractivity contribution in [1.82, 2.24) is 10.6 Å². The van der Waals surface area contributed by atoms with Gasteiger partial charge in [0.15, 0.2) is 5.78 Å². The number of allylic oxidation sites excluding steroid dienone is 1. The van der Waals surface area contributed by atoms with Gasteiger partial charge < -0.3 is 20.5 Å².